The van der Waals surface area contributed by atoms with Crippen molar-refractivity contribution in [2.75, 3.05) is 5.75 Å². The van der Waals surface area contributed by atoms with Crippen LogP contribution in [0.1, 0.15) is 13.8 Å². The number of nitrogens with zero attached hydrogens (tertiary/aromatic N) is 2. The SMILES string of the molecule is CC(C)NC(=O)CSc1ncc(-c2ccc(Br)cc2)n1-c1ccc(Cl)cc1. The quantitative estimate of drug-likeness (QED) is 0.485. The number of rotatable bonds is 6. The lowest BCUT2D eigenvalue weighted by molar-refractivity contribution is -0.119. The number of amides is 1. The number of thioether (sulfide) groups is 1. The average molecular weight is 465 g/mol. The van der Waals surface area contributed by atoms with E-state index in [4.69, 9.17) is 11.6 Å². The fourth-order valence-corrected chi connectivity index (χ4v) is 3.79. The van der Waals surface area contributed by atoms with Crippen LogP contribution in [0.5, 0.6) is 0 Å². The van der Waals surface area contributed by atoms with E-state index < -0.39 is 0 Å². The molecule has 2 aromatic carbocycles. The van der Waals surface area contributed by atoms with E-state index in [0.29, 0.717) is 10.8 Å². The second-order valence-electron chi connectivity index (χ2n) is 6.26. The van der Waals surface area contributed by atoms with Gasteiger partial charge in [-0.05, 0) is 50.2 Å². The third-order valence-electron chi connectivity index (χ3n) is 3.74. The summed E-state index contributed by atoms with van der Waals surface area (Å²) in [4.78, 5) is 16.6. The van der Waals surface area contributed by atoms with Crippen LogP contribution in [0.4, 0.5) is 0 Å². The number of imidazole rings is 1. The summed E-state index contributed by atoms with van der Waals surface area (Å²) in [6.07, 6.45) is 1.83. The second kappa shape index (κ2) is 8.95. The molecule has 0 aliphatic rings. The first-order valence-corrected chi connectivity index (χ1v) is 10.6. The second-order valence-corrected chi connectivity index (χ2v) is 8.55. The van der Waals surface area contributed by atoms with Crippen LogP contribution in [-0.2, 0) is 4.79 Å². The molecule has 0 radical (unpaired) electrons. The number of aromatic nitrogens is 2. The van der Waals surface area contributed by atoms with Gasteiger partial charge in [0.1, 0.15) is 0 Å². The third-order valence-corrected chi connectivity index (χ3v) is 5.47. The van der Waals surface area contributed by atoms with Crippen LogP contribution in [0.15, 0.2) is 64.4 Å². The van der Waals surface area contributed by atoms with Crippen molar-refractivity contribution in [1.82, 2.24) is 14.9 Å². The average Bonchev–Trinajstić information content (AvgIpc) is 3.04. The first kappa shape index (κ1) is 20.0. The fraction of sp³-hybridized carbons (Fsp3) is 0.200. The predicted molar refractivity (Wildman–Crippen MR) is 116 cm³/mol. The number of benzene rings is 2. The monoisotopic (exact) mass is 463 g/mol. The zero-order valence-electron chi connectivity index (χ0n) is 14.9. The van der Waals surface area contributed by atoms with Crippen molar-refractivity contribution in [3.8, 4) is 16.9 Å². The maximum absolute atomic E-state index is 12.0. The molecule has 140 valence electrons. The zero-order valence-corrected chi connectivity index (χ0v) is 18.1. The molecule has 0 unspecified atom stereocenters. The molecule has 3 aromatic rings. The highest BCUT2D eigenvalue weighted by molar-refractivity contribution is 9.10. The summed E-state index contributed by atoms with van der Waals surface area (Å²) < 4.78 is 3.07. The van der Waals surface area contributed by atoms with E-state index in [1.807, 2.05) is 73.1 Å². The van der Waals surface area contributed by atoms with Crippen LogP contribution in [0, 0.1) is 0 Å². The van der Waals surface area contributed by atoms with Gasteiger partial charge in [-0.25, -0.2) is 4.98 Å². The fourth-order valence-electron chi connectivity index (χ4n) is 2.59. The van der Waals surface area contributed by atoms with Crippen molar-refractivity contribution < 1.29 is 4.79 Å². The summed E-state index contributed by atoms with van der Waals surface area (Å²) in [7, 11) is 0. The standard InChI is InChI=1S/C20H19BrClN3OS/c1-13(2)24-19(26)12-27-20-23-11-18(14-3-5-15(21)6-4-14)25(20)17-9-7-16(22)8-10-17/h3-11,13H,12H2,1-2H3,(H,24,26). The molecule has 1 amide bonds. The molecule has 0 atom stereocenters. The van der Waals surface area contributed by atoms with Gasteiger partial charge in [-0.15, -0.1) is 0 Å². The lowest BCUT2D eigenvalue weighted by Gasteiger charge is -2.13. The largest absolute Gasteiger partial charge is 0.353 e. The third kappa shape index (κ3) is 5.15. The van der Waals surface area contributed by atoms with Gasteiger partial charge in [0.05, 0.1) is 17.6 Å². The van der Waals surface area contributed by atoms with Gasteiger partial charge in [-0.3, -0.25) is 9.36 Å². The summed E-state index contributed by atoms with van der Waals surface area (Å²) in [5.41, 5.74) is 2.94. The van der Waals surface area contributed by atoms with Crippen LogP contribution < -0.4 is 5.32 Å². The Morgan fingerprint density at radius 3 is 2.48 bits per heavy atom. The minimum absolute atomic E-state index is 0.00847. The lowest BCUT2D eigenvalue weighted by Crippen LogP contribution is -2.31. The Kier molecular flexibility index (Phi) is 6.63. The molecule has 1 aromatic heterocycles. The van der Waals surface area contributed by atoms with Crippen molar-refractivity contribution in [3.05, 3.63) is 64.2 Å². The van der Waals surface area contributed by atoms with Crippen molar-refractivity contribution in [3.63, 3.8) is 0 Å². The van der Waals surface area contributed by atoms with Crippen LogP contribution in [-0.4, -0.2) is 27.3 Å². The smallest absolute Gasteiger partial charge is 0.230 e. The van der Waals surface area contributed by atoms with Gasteiger partial charge in [0.2, 0.25) is 5.91 Å². The van der Waals surface area contributed by atoms with Gasteiger partial charge in [-0.2, -0.15) is 0 Å². The normalized spacial score (nSPS) is 11.0. The lowest BCUT2D eigenvalue weighted by atomic mass is 10.1. The molecule has 0 aliphatic heterocycles. The molecule has 0 bridgehead atoms. The van der Waals surface area contributed by atoms with Gasteiger partial charge in [0.25, 0.3) is 0 Å². The molecule has 0 fully saturated rings. The molecular weight excluding hydrogens is 446 g/mol. The van der Waals surface area contributed by atoms with Crippen LogP contribution >= 0.6 is 39.3 Å². The van der Waals surface area contributed by atoms with Gasteiger partial charge < -0.3 is 5.32 Å². The zero-order chi connectivity index (χ0) is 19.4. The number of carbonyl (C=O) groups excluding carboxylic acids is 1. The summed E-state index contributed by atoms with van der Waals surface area (Å²) in [6, 6.07) is 15.8. The summed E-state index contributed by atoms with van der Waals surface area (Å²) in [5.74, 6) is 0.300. The minimum Gasteiger partial charge on any atom is -0.353 e. The van der Waals surface area contributed by atoms with E-state index in [2.05, 4.69) is 26.2 Å². The molecule has 0 aliphatic carbocycles. The van der Waals surface area contributed by atoms with Crippen molar-refractivity contribution in [1.29, 1.82) is 0 Å². The van der Waals surface area contributed by atoms with Crippen molar-refractivity contribution in [2.45, 2.75) is 25.0 Å². The molecule has 0 spiro atoms. The van der Waals surface area contributed by atoms with Gasteiger partial charge in [0, 0.05) is 26.8 Å². The minimum atomic E-state index is -0.00847. The first-order valence-electron chi connectivity index (χ1n) is 8.46. The molecule has 1 N–H and O–H groups in total. The Bertz CT molecular complexity index is 923. The molecular formula is C20H19BrClN3OS. The Hall–Kier alpha value is -1.76. The van der Waals surface area contributed by atoms with E-state index >= 15 is 0 Å². The maximum atomic E-state index is 12.0. The van der Waals surface area contributed by atoms with Gasteiger partial charge in [0.15, 0.2) is 5.16 Å². The van der Waals surface area contributed by atoms with Gasteiger partial charge in [-0.1, -0.05) is 51.4 Å². The highest BCUT2D eigenvalue weighted by Gasteiger charge is 2.16. The van der Waals surface area contributed by atoms with E-state index in [0.717, 1.165) is 26.6 Å². The molecule has 0 saturated carbocycles. The molecule has 1 heterocycles. The Morgan fingerprint density at radius 1 is 1.19 bits per heavy atom. The summed E-state index contributed by atoms with van der Waals surface area (Å²) >= 11 is 10.9. The number of hydrogen-bond acceptors (Lipinski definition) is 3. The number of carbonyl (C=O) groups is 1. The van der Waals surface area contributed by atoms with E-state index in [1.165, 1.54) is 11.8 Å². The first-order chi connectivity index (χ1) is 12.9. The summed E-state index contributed by atoms with van der Waals surface area (Å²) in [5, 5.41) is 4.34. The number of hydrogen-bond donors (Lipinski definition) is 1. The topological polar surface area (TPSA) is 46.9 Å². The van der Waals surface area contributed by atoms with Crippen molar-refractivity contribution >= 4 is 45.2 Å². The number of nitrogens with one attached hydrogen (secondary N) is 1. The maximum Gasteiger partial charge on any atom is 0.230 e. The van der Waals surface area contributed by atoms with E-state index in [1.54, 1.807) is 0 Å². The molecule has 0 saturated heterocycles. The van der Waals surface area contributed by atoms with E-state index in [9.17, 15) is 4.79 Å². The van der Waals surface area contributed by atoms with Crippen molar-refractivity contribution in [2.24, 2.45) is 0 Å². The van der Waals surface area contributed by atoms with Crippen LogP contribution in [0.3, 0.4) is 0 Å². The predicted octanol–water partition coefficient (Wildman–Crippen LogP) is 5.57. The van der Waals surface area contributed by atoms with Crippen LogP contribution in [0.2, 0.25) is 5.02 Å². The highest BCUT2D eigenvalue weighted by Crippen LogP contribution is 2.31. The molecule has 3 rings (SSSR count). The van der Waals surface area contributed by atoms with Crippen LogP contribution in [0.25, 0.3) is 16.9 Å². The summed E-state index contributed by atoms with van der Waals surface area (Å²) in [6.45, 7) is 3.89. The molecule has 27 heavy (non-hydrogen) atoms. The molecule has 4 nitrogen and oxygen atoms in total. The van der Waals surface area contributed by atoms with Gasteiger partial charge >= 0.3 is 0 Å². The Balaban J connectivity index is 1.97. The number of halogens is 2. The Labute approximate surface area is 176 Å². The highest BCUT2D eigenvalue weighted by atomic mass is 79.9. The molecule has 7 heteroatoms. The Morgan fingerprint density at radius 2 is 1.85 bits per heavy atom. The van der Waals surface area contributed by atoms with E-state index in [-0.39, 0.29) is 11.9 Å².